The number of hydrogen-bond donors (Lipinski definition) is 2. The van der Waals surface area contributed by atoms with Crippen LogP contribution in [0.5, 0.6) is 0 Å². The molecule has 2 aromatic carbocycles. The molecule has 0 unspecified atom stereocenters. The molecule has 31 heavy (non-hydrogen) atoms. The Hall–Kier alpha value is -3.03. The highest BCUT2D eigenvalue weighted by atomic mass is 32.2. The number of thioether (sulfide) groups is 1. The van der Waals surface area contributed by atoms with Crippen LogP contribution in [0, 0.1) is 6.92 Å². The molecule has 0 radical (unpaired) electrons. The Morgan fingerprint density at radius 2 is 1.84 bits per heavy atom. The molecule has 0 fully saturated rings. The summed E-state index contributed by atoms with van der Waals surface area (Å²) in [4.78, 5) is 26.3. The Balaban J connectivity index is 1.38. The van der Waals surface area contributed by atoms with Crippen LogP contribution in [0.4, 0.5) is 5.69 Å². The number of carbonyl (C=O) groups excluding carboxylic acids is 2. The van der Waals surface area contributed by atoms with Gasteiger partial charge in [0.05, 0.1) is 10.6 Å². The SMILES string of the molecule is Cc1ccc(NC(=O)CSc2cn(CCNC(=O)c3cccs3)c3ccccc23)cc1. The van der Waals surface area contributed by atoms with Gasteiger partial charge in [-0.25, -0.2) is 0 Å². The van der Waals surface area contributed by atoms with Crippen LogP contribution in [-0.4, -0.2) is 28.7 Å². The highest BCUT2D eigenvalue weighted by Crippen LogP contribution is 2.30. The van der Waals surface area contributed by atoms with E-state index in [2.05, 4.69) is 33.5 Å². The number of nitrogens with zero attached hydrogens (tertiary/aromatic N) is 1. The third-order valence-electron chi connectivity index (χ3n) is 4.83. The highest BCUT2D eigenvalue weighted by Gasteiger charge is 2.12. The smallest absolute Gasteiger partial charge is 0.261 e. The van der Waals surface area contributed by atoms with Crippen LogP contribution >= 0.6 is 23.1 Å². The molecule has 0 aliphatic rings. The van der Waals surface area contributed by atoms with Crippen molar-refractivity contribution >= 4 is 51.5 Å². The van der Waals surface area contributed by atoms with Gasteiger partial charge in [0.15, 0.2) is 0 Å². The summed E-state index contributed by atoms with van der Waals surface area (Å²) in [6, 6.07) is 19.6. The van der Waals surface area contributed by atoms with Gasteiger partial charge in [0.1, 0.15) is 0 Å². The van der Waals surface area contributed by atoms with Crippen molar-refractivity contribution in [2.24, 2.45) is 0 Å². The lowest BCUT2D eigenvalue weighted by Crippen LogP contribution is -2.26. The highest BCUT2D eigenvalue weighted by molar-refractivity contribution is 8.00. The molecule has 0 atom stereocenters. The average Bonchev–Trinajstić information content (AvgIpc) is 3.43. The normalized spacial score (nSPS) is 10.9. The van der Waals surface area contributed by atoms with Gasteiger partial charge in [-0.2, -0.15) is 0 Å². The van der Waals surface area contributed by atoms with Crippen molar-refractivity contribution in [1.29, 1.82) is 0 Å². The molecule has 4 aromatic rings. The maximum Gasteiger partial charge on any atom is 0.261 e. The second-order valence-corrected chi connectivity index (χ2v) is 9.10. The number of benzene rings is 2. The third kappa shape index (κ3) is 5.37. The summed E-state index contributed by atoms with van der Waals surface area (Å²) in [5.41, 5.74) is 3.06. The van der Waals surface area contributed by atoms with Gasteiger partial charge in [-0.3, -0.25) is 9.59 Å². The molecular formula is C24H23N3O2S2. The first-order chi connectivity index (χ1) is 15.1. The number of fused-ring (bicyclic) bond motifs is 1. The largest absolute Gasteiger partial charge is 0.350 e. The third-order valence-corrected chi connectivity index (χ3v) is 6.74. The summed E-state index contributed by atoms with van der Waals surface area (Å²) in [5.74, 6) is 0.250. The quantitative estimate of drug-likeness (QED) is 0.365. The molecule has 0 aliphatic carbocycles. The van der Waals surface area contributed by atoms with Gasteiger partial charge < -0.3 is 15.2 Å². The van der Waals surface area contributed by atoms with Gasteiger partial charge in [-0.15, -0.1) is 23.1 Å². The maximum absolute atomic E-state index is 12.4. The van der Waals surface area contributed by atoms with E-state index in [9.17, 15) is 9.59 Å². The van der Waals surface area contributed by atoms with Crippen LogP contribution in [0.2, 0.25) is 0 Å². The summed E-state index contributed by atoms with van der Waals surface area (Å²) < 4.78 is 2.13. The molecule has 158 valence electrons. The first-order valence-electron chi connectivity index (χ1n) is 9.99. The Kier molecular flexibility index (Phi) is 6.74. The summed E-state index contributed by atoms with van der Waals surface area (Å²) in [6.45, 7) is 3.21. The second-order valence-electron chi connectivity index (χ2n) is 7.14. The number of aromatic nitrogens is 1. The van der Waals surface area contributed by atoms with Gasteiger partial charge in [-0.05, 0) is 36.6 Å². The predicted octanol–water partition coefficient (Wildman–Crippen LogP) is 5.17. The predicted molar refractivity (Wildman–Crippen MR) is 129 cm³/mol. The molecule has 0 saturated carbocycles. The fourth-order valence-corrected chi connectivity index (χ4v) is 4.80. The van der Waals surface area contributed by atoms with E-state index >= 15 is 0 Å². The van der Waals surface area contributed by atoms with Crippen molar-refractivity contribution in [3.63, 3.8) is 0 Å². The molecule has 0 saturated heterocycles. The molecule has 4 rings (SSSR count). The van der Waals surface area contributed by atoms with Crippen LogP contribution in [0.3, 0.4) is 0 Å². The minimum Gasteiger partial charge on any atom is -0.350 e. The zero-order valence-corrected chi connectivity index (χ0v) is 18.8. The van der Waals surface area contributed by atoms with Crippen LogP contribution in [0.1, 0.15) is 15.2 Å². The van der Waals surface area contributed by atoms with Crippen molar-refractivity contribution < 1.29 is 9.59 Å². The Morgan fingerprint density at radius 1 is 1.03 bits per heavy atom. The number of amides is 2. The van der Waals surface area contributed by atoms with E-state index in [0.29, 0.717) is 23.7 Å². The van der Waals surface area contributed by atoms with Crippen LogP contribution in [0.15, 0.2) is 77.1 Å². The molecule has 2 heterocycles. The number of thiophene rings is 1. The number of hydrogen-bond acceptors (Lipinski definition) is 4. The number of nitrogens with one attached hydrogen (secondary N) is 2. The molecule has 0 spiro atoms. The van der Waals surface area contributed by atoms with E-state index in [0.717, 1.165) is 27.0 Å². The standard InChI is InChI=1S/C24H23N3O2S2/c1-17-8-10-18(11-9-17)26-23(28)16-31-22-15-27(20-6-3-2-5-19(20)22)13-12-25-24(29)21-7-4-14-30-21/h2-11,14-15H,12-13,16H2,1H3,(H,25,29)(H,26,28). The van der Waals surface area contributed by atoms with Gasteiger partial charge in [-0.1, -0.05) is 42.0 Å². The molecule has 2 amide bonds. The minimum atomic E-state index is -0.0474. The zero-order chi connectivity index (χ0) is 21.6. The minimum absolute atomic E-state index is 0.0334. The van der Waals surface area contributed by atoms with Crippen LogP contribution in [0.25, 0.3) is 10.9 Å². The number of anilines is 1. The molecule has 0 bridgehead atoms. The summed E-state index contributed by atoms with van der Waals surface area (Å²) in [5, 5.41) is 8.92. The summed E-state index contributed by atoms with van der Waals surface area (Å²) >= 11 is 2.95. The van der Waals surface area contributed by atoms with Crippen molar-refractivity contribution in [2.75, 3.05) is 17.6 Å². The number of para-hydroxylation sites is 1. The zero-order valence-electron chi connectivity index (χ0n) is 17.1. The van der Waals surface area contributed by atoms with E-state index in [1.165, 1.54) is 23.1 Å². The number of carbonyl (C=O) groups is 2. The van der Waals surface area contributed by atoms with Crippen molar-refractivity contribution in [3.8, 4) is 0 Å². The van der Waals surface area contributed by atoms with E-state index in [4.69, 9.17) is 0 Å². The Bertz CT molecular complexity index is 1180. The van der Waals surface area contributed by atoms with Crippen molar-refractivity contribution in [1.82, 2.24) is 9.88 Å². The van der Waals surface area contributed by atoms with E-state index in [1.54, 1.807) is 0 Å². The summed E-state index contributed by atoms with van der Waals surface area (Å²) in [6.07, 6.45) is 2.06. The molecule has 2 aromatic heterocycles. The second kappa shape index (κ2) is 9.85. The van der Waals surface area contributed by atoms with Crippen molar-refractivity contribution in [2.45, 2.75) is 18.4 Å². The average molecular weight is 450 g/mol. The lowest BCUT2D eigenvalue weighted by atomic mass is 10.2. The van der Waals surface area contributed by atoms with E-state index in [1.807, 2.05) is 60.8 Å². The monoisotopic (exact) mass is 449 g/mol. The topological polar surface area (TPSA) is 63.1 Å². The molecule has 7 heteroatoms. The Morgan fingerprint density at radius 3 is 2.61 bits per heavy atom. The van der Waals surface area contributed by atoms with Gasteiger partial charge in [0, 0.05) is 40.8 Å². The summed E-state index contributed by atoms with van der Waals surface area (Å²) in [7, 11) is 0. The fourth-order valence-electron chi connectivity index (χ4n) is 3.28. The van der Waals surface area contributed by atoms with Crippen LogP contribution in [-0.2, 0) is 11.3 Å². The lowest BCUT2D eigenvalue weighted by molar-refractivity contribution is -0.113. The number of aryl methyl sites for hydroxylation is 1. The maximum atomic E-state index is 12.4. The molecule has 5 nitrogen and oxygen atoms in total. The molecular weight excluding hydrogens is 426 g/mol. The van der Waals surface area contributed by atoms with E-state index in [-0.39, 0.29) is 11.8 Å². The van der Waals surface area contributed by atoms with Gasteiger partial charge >= 0.3 is 0 Å². The van der Waals surface area contributed by atoms with E-state index < -0.39 is 0 Å². The van der Waals surface area contributed by atoms with Gasteiger partial charge in [0.2, 0.25) is 5.91 Å². The number of rotatable bonds is 8. The fraction of sp³-hybridized carbons (Fsp3) is 0.167. The molecule has 0 aliphatic heterocycles. The first-order valence-corrected chi connectivity index (χ1v) is 11.9. The van der Waals surface area contributed by atoms with Gasteiger partial charge in [0.25, 0.3) is 5.91 Å². The first kappa shape index (κ1) is 21.2. The lowest BCUT2D eigenvalue weighted by Gasteiger charge is -2.06. The van der Waals surface area contributed by atoms with Crippen LogP contribution < -0.4 is 10.6 Å². The molecule has 2 N–H and O–H groups in total. The van der Waals surface area contributed by atoms with Crippen molar-refractivity contribution in [3.05, 3.63) is 82.7 Å². The Labute approximate surface area is 189 Å².